The Hall–Kier alpha value is 0.390. The predicted octanol–water partition coefficient (Wildman–Crippen LogP) is 4.75. The van der Waals surface area contributed by atoms with Crippen LogP contribution >= 0.6 is 47.8 Å². The molecular weight excluding hydrogens is 412 g/mol. The molecule has 5 heteroatoms. The molecule has 1 aromatic heterocycles. The minimum atomic E-state index is 0.650. The topological polar surface area (TPSA) is 16.1 Å². The SMILES string of the molecule is BrCCCC1CCCN1c1ncc(Br)cc1Br. The first-order valence-electron chi connectivity index (χ1n) is 5.86. The Balaban J connectivity index is 2.14. The first kappa shape index (κ1) is 13.8. The minimum Gasteiger partial charge on any atom is -0.353 e. The lowest BCUT2D eigenvalue weighted by Crippen LogP contribution is -2.30. The van der Waals surface area contributed by atoms with E-state index in [1.807, 2.05) is 6.20 Å². The molecule has 2 rings (SSSR count). The van der Waals surface area contributed by atoms with Gasteiger partial charge in [0.2, 0.25) is 0 Å². The van der Waals surface area contributed by atoms with Crippen LogP contribution in [0.1, 0.15) is 25.7 Å². The molecule has 0 N–H and O–H groups in total. The van der Waals surface area contributed by atoms with Crippen LogP contribution in [0.5, 0.6) is 0 Å². The van der Waals surface area contributed by atoms with Crippen LogP contribution in [0.4, 0.5) is 5.82 Å². The van der Waals surface area contributed by atoms with Gasteiger partial charge in [-0.1, -0.05) is 15.9 Å². The Morgan fingerprint density at radius 3 is 2.94 bits per heavy atom. The summed E-state index contributed by atoms with van der Waals surface area (Å²) in [4.78, 5) is 6.98. The second-order valence-electron chi connectivity index (χ2n) is 4.28. The van der Waals surface area contributed by atoms with Crippen molar-refractivity contribution in [3.8, 4) is 0 Å². The Bertz CT molecular complexity index is 384. The normalized spacial score (nSPS) is 19.9. The fourth-order valence-electron chi connectivity index (χ4n) is 2.35. The van der Waals surface area contributed by atoms with Crippen LogP contribution in [0.3, 0.4) is 0 Å². The third-order valence-electron chi connectivity index (χ3n) is 3.11. The van der Waals surface area contributed by atoms with Crippen LogP contribution in [-0.2, 0) is 0 Å². The molecule has 94 valence electrons. The summed E-state index contributed by atoms with van der Waals surface area (Å²) in [6.07, 6.45) is 6.92. The fraction of sp³-hybridized carbons (Fsp3) is 0.583. The predicted molar refractivity (Wildman–Crippen MR) is 83.0 cm³/mol. The number of pyridine rings is 1. The molecule has 0 bridgehead atoms. The van der Waals surface area contributed by atoms with Crippen molar-refractivity contribution in [2.45, 2.75) is 31.7 Å². The Morgan fingerprint density at radius 2 is 2.24 bits per heavy atom. The number of aromatic nitrogens is 1. The van der Waals surface area contributed by atoms with Crippen molar-refractivity contribution in [2.24, 2.45) is 0 Å². The first-order valence-corrected chi connectivity index (χ1v) is 8.57. The lowest BCUT2D eigenvalue weighted by Gasteiger charge is -2.26. The van der Waals surface area contributed by atoms with Gasteiger partial charge >= 0.3 is 0 Å². The molecule has 1 aliphatic heterocycles. The maximum absolute atomic E-state index is 4.54. The zero-order valence-electron chi connectivity index (χ0n) is 9.50. The molecule has 1 aromatic rings. The largest absolute Gasteiger partial charge is 0.353 e. The standard InChI is InChI=1S/C12H15Br3N2/c13-5-1-3-10-4-2-6-17(10)12-11(15)7-9(14)8-16-12/h7-8,10H,1-6H2. The van der Waals surface area contributed by atoms with Crippen LogP contribution in [0.15, 0.2) is 21.2 Å². The third-order valence-corrected chi connectivity index (χ3v) is 4.69. The van der Waals surface area contributed by atoms with Crippen LogP contribution < -0.4 is 4.90 Å². The zero-order valence-corrected chi connectivity index (χ0v) is 14.3. The smallest absolute Gasteiger partial charge is 0.143 e. The van der Waals surface area contributed by atoms with Gasteiger partial charge in [-0.05, 0) is 63.6 Å². The summed E-state index contributed by atoms with van der Waals surface area (Å²) in [6.45, 7) is 1.13. The molecule has 17 heavy (non-hydrogen) atoms. The molecule has 1 saturated heterocycles. The molecule has 2 nitrogen and oxygen atoms in total. The summed E-state index contributed by atoms with van der Waals surface area (Å²) >= 11 is 10.6. The van der Waals surface area contributed by atoms with E-state index in [4.69, 9.17) is 0 Å². The Kier molecular flexibility index (Phi) is 5.30. The first-order chi connectivity index (χ1) is 8.22. The Labute approximate surface area is 128 Å². The second-order valence-corrected chi connectivity index (χ2v) is 6.84. The highest BCUT2D eigenvalue weighted by Gasteiger charge is 2.26. The molecule has 0 aromatic carbocycles. The lowest BCUT2D eigenvalue weighted by atomic mass is 10.1. The highest BCUT2D eigenvalue weighted by atomic mass is 79.9. The molecule has 1 atom stereocenters. The van der Waals surface area contributed by atoms with Gasteiger partial charge in [-0.15, -0.1) is 0 Å². The second kappa shape index (κ2) is 6.53. The number of nitrogens with zero attached hydrogens (tertiary/aromatic N) is 2. The number of alkyl halides is 1. The number of hydrogen-bond acceptors (Lipinski definition) is 2. The van der Waals surface area contributed by atoms with Gasteiger partial charge in [0, 0.05) is 28.6 Å². The van der Waals surface area contributed by atoms with E-state index >= 15 is 0 Å². The van der Waals surface area contributed by atoms with E-state index in [1.54, 1.807) is 0 Å². The molecule has 1 fully saturated rings. The highest BCUT2D eigenvalue weighted by molar-refractivity contribution is 9.11. The maximum atomic E-state index is 4.54. The molecule has 1 unspecified atom stereocenters. The van der Waals surface area contributed by atoms with Crippen molar-refractivity contribution in [3.63, 3.8) is 0 Å². The summed E-state index contributed by atoms with van der Waals surface area (Å²) in [7, 11) is 0. The van der Waals surface area contributed by atoms with Crippen molar-refractivity contribution in [1.29, 1.82) is 0 Å². The maximum Gasteiger partial charge on any atom is 0.143 e. The Morgan fingerprint density at radius 1 is 1.41 bits per heavy atom. The highest BCUT2D eigenvalue weighted by Crippen LogP contribution is 2.33. The number of halogens is 3. The molecule has 2 heterocycles. The van der Waals surface area contributed by atoms with Crippen molar-refractivity contribution < 1.29 is 0 Å². The quantitative estimate of drug-likeness (QED) is 0.646. The van der Waals surface area contributed by atoms with Crippen LogP contribution in [0, 0.1) is 0 Å². The van der Waals surface area contributed by atoms with Gasteiger partial charge < -0.3 is 4.90 Å². The fourth-order valence-corrected chi connectivity index (χ4v) is 3.89. The van der Waals surface area contributed by atoms with Gasteiger partial charge in [-0.25, -0.2) is 4.98 Å². The average Bonchev–Trinajstić information content (AvgIpc) is 2.74. The van der Waals surface area contributed by atoms with Crippen LogP contribution in [0.2, 0.25) is 0 Å². The van der Waals surface area contributed by atoms with E-state index in [0.29, 0.717) is 6.04 Å². The number of rotatable bonds is 4. The van der Waals surface area contributed by atoms with E-state index in [1.165, 1.54) is 25.7 Å². The van der Waals surface area contributed by atoms with E-state index in [2.05, 4.69) is 63.7 Å². The summed E-state index contributed by atoms with van der Waals surface area (Å²) in [5.74, 6) is 1.09. The van der Waals surface area contributed by atoms with Crippen molar-refractivity contribution in [1.82, 2.24) is 4.98 Å². The van der Waals surface area contributed by atoms with Crippen molar-refractivity contribution in [3.05, 3.63) is 21.2 Å². The minimum absolute atomic E-state index is 0.650. The summed E-state index contributed by atoms with van der Waals surface area (Å²) in [5, 5.41) is 1.09. The molecular formula is C12H15Br3N2. The van der Waals surface area contributed by atoms with E-state index in [0.717, 1.165) is 26.6 Å². The third kappa shape index (κ3) is 3.44. The van der Waals surface area contributed by atoms with Gasteiger partial charge in [0.15, 0.2) is 0 Å². The lowest BCUT2D eigenvalue weighted by molar-refractivity contribution is 0.600. The zero-order chi connectivity index (χ0) is 12.3. The molecule has 0 spiro atoms. The van der Waals surface area contributed by atoms with Gasteiger partial charge in [0.1, 0.15) is 5.82 Å². The van der Waals surface area contributed by atoms with E-state index in [-0.39, 0.29) is 0 Å². The molecule has 0 amide bonds. The molecule has 0 aliphatic carbocycles. The molecule has 0 radical (unpaired) electrons. The van der Waals surface area contributed by atoms with Gasteiger partial charge in [0.05, 0.1) is 4.47 Å². The van der Waals surface area contributed by atoms with E-state index < -0.39 is 0 Å². The summed E-state index contributed by atoms with van der Waals surface area (Å²) in [5.41, 5.74) is 0. The van der Waals surface area contributed by atoms with Gasteiger partial charge in [-0.2, -0.15) is 0 Å². The van der Waals surface area contributed by atoms with Gasteiger partial charge in [-0.3, -0.25) is 0 Å². The molecule has 0 saturated carbocycles. The average molecular weight is 427 g/mol. The summed E-state index contributed by atoms with van der Waals surface area (Å²) < 4.78 is 2.10. The van der Waals surface area contributed by atoms with Crippen LogP contribution in [0.25, 0.3) is 0 Å². The van der Waals surface area contributed by atoms with Crippen LogP contribution in [-0.4, -0.2) is 22.9 Å². The molecule has 1 aliphatic rings. The number of hydrogen-bond donors (Lipinski definition) is 0. The number of anilines is 1. The van der Waals surface area contributed by atoms with Crippen molar-refractivity contribution >= 4 is 53.6 Å². The van der Waals surface area contributed by atoms with E-state index in [9.17, 15) is 0 Å². The summed E-state index contributed by atoms with van der Waals surface area (Å²) in [6, 6.07) is 2.72. The van der Waals surface area contributed by atoms with Gasteiger partial charge in [0.25, 0.3) is 0 Å². The monoisotopic (exact) mass is 424 g/mol. The van der Waals surface area contributed by atoms with Crippen molar-refractivity contribution in [2.75, 3.05) is 16.8 Å².